The smallest absolute Gasteiger partial charge is 0.115 e. The first-order valence-electron chi connectivity index (χ1n) is 3.85. The van der Waals surface area contributed by atoms with Crippen LogP contribution in [-0.4, -0.2) is 9.97 Å². The lowest BCUT2D eigenvalue weighted by Crippen LogP contribution is -2.10. The summed E-state index contributed by atoms with van der Waals surface area (Å²) in [6.07, 6.45) is 7.15. The van der Waals surface area contributed by atoms with E-state index in [0.29, 0.717) is 0 Å². The van der Waals surface area contributed by atoms with Gasteiger partial charge in [-0.3, -0.25) is 0 Å². The highest BCUT2D eigenvalue weighted by molar-refractivity contribution is 5.07. The second kappa shape index (κ2) is 4.03. The van der Waals surface area contributed by atoms with E-state index in [9.17, 15) is 0 Å². The van der Waals surface area contributed by atoms with Crippen molar-refractivity contribution in [2.75, 3.05) is 0 Å². The van der Waals surface area contributed by atoms with E-state index in [0.717, 1.165) is 18.4 Å². The number of aromatic nitrogens is 2. The van der Waals surface area contributed by atoms with Crippen molar-refractivity contribution in [3.05, 3.63) is 24.3 Å². The zero-order valence-electron chi connectivity index (χ0n) is 6.70. The van der Waals surface area contributed by atoms with Gasteiger partial charge in [0.05, 0.1) is 0 Å². The predicted molar refractivity (Wildman–Crippen MR) is 43.9 cm³/mol. The van der Waals surface area contributed by atoms with Crippen LogP contribution in [0.5, 0.6) is 0 Å². The van der Waals surface area contributed by atoms with Crippen molar-refractivity contribution >= 4 is 0 Å². The van der Waals surface area contributed by atoms with Crippen LogP contribution in [0, 0.1) is 0 Å². The van der Waals surface area contributed by atoms with Gasteiger partial charge in [-0.05, 0) is 6.42 Å². The summed E-state index contributed by atoms with van der Waals surface area (Å²) in [6, 6.07) is 0.0983. The fourth-order valence-corrected chi connectivity index (χ4v) is 0.980. The van der Waals surface area contributed by atoms with Crippen molar-refractivity contribution < 1.29 is 0 Å². The minimum atomic E-state index is 0.0983. The Morgan fingerprint density at radius 3 is 2.64 bits per heavy atom. The molecule has 0 aliphatic carbocycles. The minimum absolute atomic E-state index is 0.0983. The minimum Gasteiger partial charge on any atom is -0.324 e. The second-order valence-electron chi connectivity index (χ2n) is 2.57. The Balaban J connectivity index is 2.61. The fourth-order valence-electron chi connectivity index (χ4n) is 0.980. The van der Waals surface area contributed by atoms with Crippen LogP contribution in [-0.2, 0) is 0 Å². The van der Waals surface area contributed by atoms with Crippen LogP contribution in [0.3, 0.4) is 0 Å². The molecule has 1 unspecified atom stereocenters. The van der Waals surface area contributed by atoms with Crippen LogP contribution in [0.25, 0.3) is 0 Å². The molecule has 11 heavy (non-hydrogen) atoms. The van der Waals surface area contributed by atoms with E-state index in [1.165, 1.54) is 6.33 Å². The second-order valence-corrected chi connectivity index (χ2v) is 2.57. The number of hydrogen-bond acceptors (Lipinski definition) is 3. The Morgan fingerprint density at radius 1 is 1.45 bits per heavy atom. The van der Waals surface area contributed by atoms with Crippen LogP contribution in [0.2, 0.25) is 0 Å². The van der Waals surface area contributed by atoms with Gasteiger partial charge in [-0.25, -0.2) is 9.97 Å². The molecule has 0 aliphatic heterocycles. The SMILES string of the molecule is CCCC(N)c1cncnc1. The summed E-state index contributed by atoms with van der Waals surface area (Å²) >= 11 is 0. The fraction of sp³-hybridized carbons (Fsp3) is 0.500. The molecule has 1 aromatic heterocycles. The third kappa shape index (κ3) is 2.27. The molecule has 1 aromatic rings. The summed E-state index contributed by atoms with van der Waals surface area (Å²) in [5, 5.41) is 0. The molecule has 1 heterocycles. The summed E-state index contributed by atoms with van der Waals surface area (Å²) in [5.74, 6) is 0. The van der Waals surface area contributed by atoms with E-state index in [4.69, 9.17) is 5.73 Å². The summed E-state index contributed by atoms with van der Waals surface area (Å²) in [7, 11) is 0. The number of nitrogens with two attached hydrogens (primary N) is 1. The van der Waals surface area contributed by atoms with E-state index in [2.05, 4.69) is 16.9 Å². The van der Waals surface area contributed by atoms with Gasteiger partial charge in [0.1, 0.15) is 6.33 Å². The molecule has 1 rings (SSSR count). The maximum atomic E-state index is 5.83. The largest absolute Gasteiger partial charge is 0.324 e. The quantitative estimate of drug-likeness (QED) is 0.707. The molecule has 0 bridgehead atoms. The third-order valence-corrected chi connectivity index (χ3v) is 1.61. The number of rotatable bonds is 3. The van der Waals surface area contributed by atoms with Crippen molar-refractivity contribution in [3.63, 3.8) is 0 Å². The van der Waals surface area contributed by atoms with Crippen molar-refractivity contribution in [3.8, 4) is 0 Å². The standard InChI is InChI=1S/C8H13N3/c1-2-3-8(9)7-4-10-6-11-5-7/h4-6,8H,2-3,9H2,1H3. The topological polar surface area (TPSA) is 51.8 Å². The number of nitrogens with zero attached hydrogens (tertiary/aromatic N) is 2. The lowest BCUT2D eigenvalue weighted by Gasteiger charge is -2.07. The third-order valence-electron chi connectivity index (χ3n) is 1.61. The van der Waals surface area contributed by atoms with Gasteiger partial charge in [0, 0.05) is 24.0 Å². The molecule has 0 aromatic carbocycles. The van der Waals surface area contributed by atoms with Gasteiger partial charge in [0.25, 0.3) is 0 Å². The Morgan fingerprint density at radius 2 is 2.09 bits per heavy atom. The first kappa shape index (κ1) is 8.14. The average molecular weight is 151 g/mol. The lowest BCUT2D eigenvalue weighted by atomic mass is 10.1. The molecule has 3 nitrogen and oxygen atoms in total. The van der Waals surface area contributed by atoms with Crippen molar-refractivity contribution in [2.24, 2.45) is 5.73 Å². The highest BCUT2D eigenvalue weighted by Gasteiger charge is 2.03. The van der Waals surface area contributed by atoms with E-state index in [1.54, 1.807) is 12.4 Å². The van der Waals surface area contributed by atoms with Gasteiger partial charge < -0.3 is 5.73 Å². The molecule has 0 amide bonds. The molecular formula is C8H13N3. The Labute approximate surface area is 66.7 Å². The zero-order chi connectivity index (χ0) is 8.10. The Hall–Kier alpha value is -0.960. The highest BCUT2D eigenvalue weighted by atomic mass is 14.8. The van der Waals surface area contributed by atoms with E-state index >= 15 is 0 Å². The van der Waals surface area contributed by atoms with Gasteiger partial charge >= 0.3 is 0 Å². The van der Waals surface area contributed by atoms with Crippen LogP contribution in [0.15, 0.2) is 18.7 Å². The van der Waals surface area contributed by atoms with Crippen molar-refractivity contribution in [1.29, 1.82) is 0 Å². The monoisotopic (exact) mass is 151 g/mol. The first-order valence-corrected chi connectivity index (χ1v) is 3.85. The van der Waals surface area contributed by atoms with Crippen LogP contribution >= 0.6 is 0 Å². The summed E-state index contributed by atoms with van der Waals surface area (Å²) in [5.41, 5.74) is 6.85. The van der Waals surface area contributed by atoms with Gasteiger partial charge in [-0.1, -0.05) is 13.3 Å². The molecule has 2 N–H and O–H groups in total. The van der Waals surface area contributed by atoms with Crippen LogP contribution in [0.1, 0.15) is 31.4 Å². The van der Waals surface area contributed by atoms with Gasteiger partial charge in [0.15, 0.2) is 0 Å². The summed E-state index contributed by atoms with van der Waals surface area (Å²) < 4.78 is 0. The maximum Gasteiger partial charge on any atom is 0.115 e. The Kier molecular flexibility index (Phi) is 2.98. The zero-order valence-corrected chi connectivity index (χ0v) is 6.70. The molecule has 0 fully saturated rings. The lowest BCUT2D eigenvalue weighted by molar-refractivity contribution is 0.633. The van der Waals surface area contributed by atoms with Crippen molar-refractivity contribution in [1.82, 2.24) is 9.97 Å². The number of hydrogen-bond donors (Lipinski definition) is 1. The molecule has 1 atom stereocenters. The molecule has 60 valence electrons. The molecule has 0 spiro atoms. The van der Waals surface area contributed by atoms with Gasteiger partial charge in [-0.2, -0.15) is 0 Å². The van der Waals surface area contributed by atoms with E-state index in [1.807, 2.05) is 0 Å². The normalized spacial score (nSPS) is 12.9. The van der Waals surface area contributed by atoms with E-state index < -0.39 is 0 Å². The van der Waals surface area contributed by atoms with Crippen molar-refractivity contribution in [2.45, 2.75) is 25.8 Å². The maximum absolute atomic E-state index is 5.83. The summed E-state index contributed by atoms with van der Waals surface area (Å²) in [6.45, 7) is 2.11. The molecule has 0 radical (unpaired) electrons. The van der Waals surface area contributed by atoms with E-state index in [-0.39, 0.29) is 6.04 Å². The predicted octanol–water partition coefficient (Wildman–Crippen LogP) is 1.28. The highest BCUT2D eigenvalue weighted by Crippen LogP contribution is 2.11. The molecule has 3 heteroatoms. The molecule has 0 saturated heterocycles. The van der Waals surface area contributed by atoms with Crippen LogP contribution in [0.4, 0.5) is 0 Å². The average Bonchev–Trinajstić information content (AvgIpc) is 2.07. The Bertz CT molecular complexity index is 198. The molecular weight excluding hydrogens is 138 g/mol. The van der Waals surface area contributed by atoms with Gasteiger partial charge in [0.2, 0.25) is 0 Å². The van der Waals surface area contributed by atoms with Gasteiger partial charge in [-0.15, -0.1) is 0 Å². The molecule has 0 saturated carbocycles. The van der Waals surface area contributed by atoms with Crippen LogP contribution < -0.4 is 5.73 Å². The summed E-state index contributed by atoms with van der Waals surface area (Å²) in [4.78, 5) is 7.79. The first-order chi connectivity index (χ1) is 5.34. The molecule has 0 aliphatic rings.